The first-order valence-corrected chi connectivity index (χ1v) is 6.66. The van der Waals surface area contributed by atoms with Crippen LogP contribution in [-0.2, 0) is 6.42 Å². The molecule has 20 heavy (non-hydrogen) atoms. The van der Waals surface area contributed by atoms with Crippen LogP contribution in [0, 0.1) is 0 Å². The van der Waals surface area contributed by atoms with Gasteiger partial charge >= 0.3 is 0 Å². The van der Waals surface area contributed by atoms with E-state index in [9.17, 15) is 0 Å². The SMILES string of the molecule is OCCc1ccc(-n2cnc(-c3ccccc3)c2)cc1. The number of hydrogen-bond donors (Lipinski definition) is 1. The van der Waals surface area contributed by atoms with Crippen LogP contribution in [0.25, 0.3) is 16.9 Å². The summed E-state index contributed by atoms with van der Waals surface area (Å²) in [4.78, 5) is 4.44. The Morgan fingerprint density at radius 2 is 1.70 bits per heavy atom. The Labute approximate surface area is 118 Å². The molecule has 2 aromatic carbocycles. The molecule has 0 spiro atoms. The lowest BCUT2D eigenvalue weighted by molar-refractivity contribution is 0.299. The molecule has 0 radical (unpaired) electrons. The molecule has 0 amide bonds. The molecular weight excluding hydrogens is 248 g/mol. The molecule has 3 aromatic rings. The van der Waals surface area contributed by atoms with Crippen LogP contribution < -0.4 is 0 Å². The van der Waals surface area contributed by atoms with E-state index in [-0.39, 0.29) is 6.61 Å². The van der Waals surface area contributed by atoms with E-state index in [0.717, 1.165) is 22.5 Å². The summed E-state index contributed by atoms with van der Waals surface area (Å²) in [5.41, 5.74) is 4.29. The molecule has 0 atom stereocenters. The molecule has 0 saturated heterocycles. The molecule has 1 aromatic heterocycles. The second-order valence-electron chi connectivity index (χ2n) is 4.67. The number of hydrogen-bond acceptors (Lipinski definition) is 2. The summed E-state index contributed by atoms with van der Waals surface area (Å²) >= 11 is 0. The van der Waals surface area contributed by atoms with Crippen LogP contribution >= 0.6 is 0 Å². The minimum Gasteiger partial charge on any atom is -0.396 e. The van der Waals surface area contributed by atoms with Crippen molar-refractivity contribution >= 4 is 0 Å². The minimum absolute atomic E-state index is 0.183. The van der Waals surface area contributed by atoms with Crippen LogP contribution in [0.4, 0.5) is 0 Å². The van der Waals surface area contributed by atoms with Gasteiger partial charge in [-0.25, -0.2) is 4.98 Å². The summed E-state index contributed by atoms with van der Waals surface area (Å²) in [5, 5.41) is 8.92. The topological polar surface area (TPSA) is 38.0 Å². The van der Waals surface area contributed by atoms with E-state index in [2.05, 4.69) is 17.1 Å². The van der Waals surface area contributed by atoms with Gasteiger partial charge in [0.05, 0.1) is 12.0 Å². The monoisotopic (exact) mass is 264 g/mol. The maximum Gasteiger partial charge on any atom is 0.0999 e. The third-order valence-corrected chi connectivity index (χ3v) is 3.29. The van der Waals surface area contributed by atoms with Crippen molar-refractivity contribution in [1.29, 1.82) is 0 Å². The van der Waals surface area contributed by atoms with Gasteiger partial charge in [0.25, 0.3) is 0 Å². The highest BCUT2D eigenvalue weighted by Crippen LogP contribution is 2.18. The Kier molecular flexibility index (Phi) is 3.61. The quantitative estimate of drug-likeness (QED) is 0.786. The maximum absolute atomic E-state index is 8.92. The van der Waals surface area contributed by atoms with Crippen molar-refractivity contribution in [3.8, 4) is 16.9 Å². The van der Waals surface area contributed by atoms with E-state index in [0.29, 0.717) is 6.42 Å². The standard InChI is InChI=1S/C17H16N2O/c20-11-10-14-6-8-16(9-7-14)19-12-17(18-13-19)15-4-2-1-3-5-15/h1-9,12-13,20H,10-11H2. The van der Waals surface area contributed by atoms with Gasteiger partial charge in [0.2, 0.25) is 0 Å². The number of nitrogens with zero attached hydrogens (tertiary/aromatic N) is 2. The molecular formula is C17H16N2O. The number of benzene rings is 2. The van der Waals surface area contributed by atoms with E-state index in [1.165, 1.54) is 0 Å². The van der Waals surface area contributed by atoms with Gasteiger partial charge in [-0.05, 0) is 24.1 Å². The molecule has 1 N–H and O–H groups in total. The molecule has 0 fully saturated rings. The Morgan fingerprint density at radius 1 is 0.950 bits per heavy atom. The molecule has 3 nitrogen and oxygen atoms in total. The highest BCUT2D eigenvalue weighted by molar-refractivity contribution is 5.58. The second-order valence-corrected chi connectivity index (χ2v) is 4.67. The average molecular weight is 264 g/mol. The van der Waals surface area contributed by atoms with Crippen molar-refractivity contribution in [1.82, 2.24) is 9.55 Å². The average Bonchev–Trinajstić information content (AvgIpc) is 2.99. The fourth-order valence-corrected chi connectivity index (χ4v) is 2.19. The minimum atomic E-state index is 0.183. The van der Waals surface area contributed by atoms with E-state index < -0.39 is 0 Å². The highest BCUT2D eigenvalue weighted by Gasteiger charge is 2.03. The Balaban J connectivity index is 1.86. The molecule has 100 valence electrons. The molecule has 3 rings (SSSR count). The molecule has 0 aliphatic carbocycles. The number of aliphatic hydroxyl groups excluding tert-OH is 1. The summed E-state index contributed by atoms with van der Waals surface area (Å²) in [6, 6.07) is 18.3. The Morgan fingerprint density at radius 3 is 2.40 bits per heavy atom. The molecule has 0 aliphatic rings. The normalized spacial score (nSPS) is 10.7. The first kappa shape index (κ1) is 12.6. The predicted octanol–water partition coefficient (Wildman–Crippen LogP) is 3.07. The van der Waals surface area contributed by atoms with E-state index >= 15 is 0 Å². The summed E-state index contributed by atoms with van der Waals surface area (Å²) in [7, 11) is 0. The van der Waals surface area contributed by atoms with Crippen LogP contribution in [0.5, 0.6) is 0 Å². The molecule has 1 heterocycles. The van der Waals surface area contributed by atoms with Crippen LogP contribution in [0.1, 0.15) is 5.56 Å². The summed E-state index contributed by atoms with van der Waals surface area (Å²) in [6.45, 7) is 0.183. The smallest absolute Gasteiger partial charge is 0.0999 e. The van der Waals surface area contributed by atoms with Gasteiger partial charge in [0.15, 0.2) is 0 Å². The van der Waals surface area contributed by atoms with Gasteiger partial charge in [0.1, 0.15) is 0 Å². The van der Waals surface area contributed by atoms with Gasteiger partial charge in [-0.15, -0.1) is 0 Å². The van der Waals surface area contributed by atoms with Gasteiger partial charge < -0.3 is 9.67 Å². The lowest BCUT2D eigenvalue weighted by Gasteiger charge is -2.03. The zero-order valence-electron chi connectivity index (χ0n) is 11.1. The van der Waals surface area contributed by atoms with Crippen LogP contribution in [-0.4, -0.2) is 21.3 Å². The predicted molar refractivity (Wildman–Crippen MR) is 79.8 cm³/mol. The third kappa shape index (κ3) is 2.63. The first-order chi connectivity index (χ1) is 9.86. The van der Waals surface area contributed by atoms with Crippen molar-refractivity contribution in [2.75, 3.05) is 6.61 Å². The number of imidazole rings is 1. The van der Waals surface area contributed by atoms with Crippen molar-refractivity contribution in [2.24, 2.45) is 0 Å². The van der Waals surface area contributed by atoms with Crippen molar-refractivity contribution in [3.63, 3.8) is 0 Å². The largest absolute Gasteiger partial charge is 0.396 e. The third-order valence-electron chi connectivity index (χ3n) is 3.29. The van der Waals surface area contributed by atoms with Crippen molar-refractivity contribution in [2.45, 2.75) is 6.42 Å². The van der Waals surface area contributed by atoms with Crippen molar-refractivity contribution in [3.05, 3.63) is 72.7 Å². The molecule has 3 heteroatoms. The van der Waals surface area contributed by atoms with Gasteiger partial charge in [-0.2, -0.15) is 0 Å². The molecule has 0 aliphatic heterocycles. The lowest BCUT2D eigenvalue weighted by atomic mass is 10.1. The Hall–Kier alpha value is -2.39. The van der Waals surface area contributed by atoms with Gasteiger partial charge in [-0.3, -0.25) is 0 Å². The molecule has 0 unspecified atom stereocenters. The lowest BCUT2D eigenvalue weighted by Crippen LogP contribution is -1.93. The summed E-state index contributed by atoms with van der Waals surface area (Å²) < 4.78 is 2.01. The summed E-state index contributed by atoms with van der Waals surface area (Å²) in [5.74, 6) is 0. The first-order valence-electron chi connectivity index (χ1n) is 6.66. The Bertz CT molecular complexity index is 672. The van der Waals surface area contributed by atoms with E-state index in [4.69, 9.17) is 5.11 Å². The van der Waals surface area contributed by atoms with Crippen molar-refractivity contribution < 1.29 is 5.11 Å². The molecule has 0 saturated carbocycles. The fourth-order valence-electron chi connectivity index (χ4n) is 2.19. The maximum atomic E-state index is 8.92. The van der Waals surface area contributed by atoms with E-state index in [1.807, 2.05) is 59.6 Å². The number of aliphatic hydroxyl groups is 1. The highest BCUT2D eigenvalue weighted by atomic mass is 16.2. The van der Waals surface area contributed by atoms with Crippen LogP contribution in [0.15, 0.2) is 67.1 Å². The number of rotatable bonds is 4. The van der Waals surface area contributed by atoms with Gasteiger partial charge in [0, 0.05) is 24.1 Å². The summed E-state index contributed by atoms with van der Waals surface area (Å²) in [6.07, 6.45) is 4.54. The molecule has 0 bridgehead atoms. The van der Waals surface area contributed by atoms with E-state index in [1.54, 1.807) is 0 Å². The van der Waals surface area contributed by atoms with Gasteiger partial charge in [-0.1, -0.05) is 42.5 Å². The second kappa shape index (κ2) is 5.72. The van der Waals surface area contributed by atoms with Crippen LogP contribution in [0.2, 0.25) is 0 Å². The zero-order chi connectivity index (χ0) is 13.8. The zero-order valence-corrected chi connectivity index (χ0v) is 11.1. The fraction of sp³-hybridized carbons (Fsp3) is 0.118. The van der Waals surface area contributed by atoms with Crippen LogP contribution in [0.3, 0.4) is 0 Å². The number of aromatic nitrogens is 2.